The van der Waals surface area contributed by atoms with Crippen LogP contribution in [0.25, 0.3) is 10.9 Å². The van der Waals surface area contributed by atoms with Gasteiger partial charge in [0.15, 0.2) is 5.82 Å². The van der Waals surface area contributed by atoms with E-state index in [0.29, 0.717) is 44.3 Å². The van der Waals surface area contributed by atoms with Crippen molar-refractivity contribution < 1.29 is 14.3 Å². The lowest BCUT2D eigenvalue weighted by atomic mass is 10.1. The average molecular weight is 498 g/mol. The fourth-order valence-corrected chi connectivity index (χ4v) is 4.14. The Hall–Kier alpha value is -3.75. The maximum atomic E-state index is 11.9. The van der Waals surface area contributed by atoms with Gasteiger partial charge >= 0.3 is 0 Å². The van der Waals surface area contributed by atoms with Crippen LogP contribution in [-0.2, 0) is 4.79 Å². The number of hydrogen-bond donors (Lipinski definition) is 3. The largest absolute Gasteiger partial charge is 0.494 e. The van der Waals surface area contributed by atoms with Crippen LogP contribution >= 0.6 is 23.2 Å². The van der Waals surface area contributed by atoms with E-state index in [1.165, 1.54) is 18.5 Å². The van der Waals surface area contributed by atoms with Crippen molar-refractivity contribution in [1.82, 2.24) is 15.2 Å². The number of H-pyrrole nitrogens is 1. The Morgan fingerprint density at radius 2 is 1.97 bits per heavy atom. The number of rotatable bonds is 8. The van der Waals surface area contributed by atoms with Crippen LogP contribution in [0.3, 0.4) is 0 Å². The minimum absolute atomic E-state index is 0.346. The van der Waals surface area contributed by atoms with E-state index in [2.05, 4.69) is 32.4 Å². The van der Waals surface area contributed by atoms with Gasteiger partial charge < -0.3 is 20.1 Å². The molecular weight excluding hydrogens is 477 g/mol. The second kappa shape index (κ2) is 10.0. The van der Waals surface area contributed by atoms with Gasteiger partial charge in [-0.1, -0.05) is 35.8 Å². The minimum atomic E-state index is -0.418. The number of pyridine rings is 1. The van der Waals surface area contributed by atoms with E-state index in [1.807, 2.05) is 25.1 Å². The number of aromatic nitrogens is 3. The van der Waals surface area contributed by atoms with Crippen LogP contribution in [0.5, 0.6) is 11.5 Å². The molecule has 0 spiro atoms. The summed E-state index contributed by atoms with van der Waals surface area (Å²) >= 11 is 12.5. The molecule has 4 aromatic rings. The van der Waals surface area contributed by atoms with Gasteiger partial charge in [0.05, 0.1) is 28.4 Å². The zero-order valence-electron chi connectivity index (χ0n) is 18.4. The average Bonchev–Trinajstić information content (AvgIpc) is 3.22. The van der Waals surface area contributed by atoms with Crippen molar-refractivity contribution >= 4 is 57.2 Å². The summed E-state index contributed by atoms with van der Waals surface area (Å²) in [5, 5.41) is 15.0. The number of carbonyl (C=O) groups excluding carboxylic acids is 1. The summed E-state index contributed by atoms with van der Waals surface area (Å²) in [6.45, 7) is 5.35. The SMILES string of the molecule is C=CC(=O)Nc1cccc(OC)c1Nc1n[nH]c2ccc(O[C@H](C)c3c(Cl)cncc3Cl)cc12. The molecule has 0 bridgehead atoms. The molecule has 0 aliphatic rings. The van der Waals surface area contributed by atoms with E-state index in [0.717, 1.165) is 10.9 Å². The molecule has 2 aromatic heterocycles. The summed E-state index contributed by atoms with van der Waals surface area (Å²) in [5.74, 6) is 1.29. The molecule has 34 heavy (non-hydrogen) atoms. The van der Waals surface area contributed by atoms with Crippen molar-refractivity contribution in [2.45, 2.75) is 13.0 Å². The molecule has 8 nitrogen and oxygen atoms in total. The predicted octanol–water partition coefficient (Wildman–Crippen LogP) is 6.28. The standard InChI is InChI=1S/C24H21Cl2N5O3/c1-4-21(32)28-19-6-5-7-20(33-3)23(19)29-24-15-10-14(8-9-18(15)30-31-24)34-13(2)22-16(25)11-27-12-17(22)26/h4-13H,1H2,2-3H3,(H,28,32)(H2,29,30,31)/t13-/m1/s1. The Morgan fingerprint density at radius 1 is 1.21 bits per heavy atom. The highest BCUT2D eigenvalue weighted by molar-refractivity contribution is 6.35. The fourth-order valence-electron chi connectivity index (χ4n) is 3.47. The van der Waals surface area contributed by atoms with E-state index < -0.39 is 6.10 Å². The number of para-hydroxylation sites is 1. The molecule has 2 heterocycles. The number of amides is 1. The van der Waals surface area contributed by atoms with Gasteiger partial charge in [-0.25, -0.2) is 0 Å². The molecule has 0 saturated carbocycles. The third-order valence-electron chi connectivity index (χ3n) is 5.08. The zero-order chi connectivity index (χ0) is 24.2. The van der Waals surface area contributed by atoms with Crippen LogP contribution in [0.4, 0.5) is 17.2 Å². The Labute approximate surface area is 205 Å². The number of nitrogens with zero attached hydrogens (tertiary/aromatic N) is 2. The number of carbonyl (C=O) groups is 1. The van der Waals surface area contributed by atoms with Crippen molar-refractivity contribution in [2.75, 3.05) is 17.7 Å². The van der Waals surface area contributed by atoms with Crippen LogP contribution < -0.4 is 20.1 Å². The van der Waals surface area contributed by atoms with Gasteiger partial charge in [-0.2, -0.15) is 5.10 Å². The van der Waals surface area contributed by atoms with E-state index in [-0.39, 0.29) is 5.91 Å². The Kier molecular flexibility index (Phi) is 6.90. The fraction of sp³-hybridized carbons (Fsp3) is 0.125. The molecule has 0 aliphatic carbocycles. The molecule has 0 aliphatic heterocycles. The van der Waals surface area contributed by atoms with E-state index in [4.69, 9.17) is 32.7 Å². The van der Waals surface area contributed by atoms with Gasteiger partial charge in [-0.05, 0) is 43.3 Å². The lowest BCUT2D eigenvalue weighted by Gasteiger charge is -2.18. The van der Waals surface area contributed by atoms with E-state index in [9.17, 15) is 4.79 Å². The van der Waals surface area contributed by atoms with Gasteiger partial charge in [0.1, 0.15) is 23.3 Å². The number of fused-ring (bicyclic) bond motifs is 1. The van der Waals surface area contributed by atoms with Crippen LogP contribution in [-0.4, -0.2) is 28.2 Å². The normalized spacial score (nSPS) is 11.6. The number of hydrogen-bond acceptors (Lipinski definition) is 6. The Balaban J connectivity index is 1.67. The first kappa shape index (κ1) is 23.4. The minimum Gasteiger partial charge on any atom is -0.494 e. The van der Waals surface area contributed by atoms with Crippen molar-refractivity contribution in [1.29, 1.82) is 0 Å². The monoisotopic (exact) mass is 497 g/mol. The molecule has 10 heteroatoms. The molecule has 0 saturated heterocycles. The smallest absolute Gasteiger partial charge is 0.247 e. The lowest BCUT2D eigenvalue weighted by molar-refractivity contribution is -0.111. The summed E-state index contributed by atoms with van der Waals surface area (Å²) in [6.07, 6.45) is 3.83. The van der Waals surface area contributed by atoms with Gasteiger partial charge in [0.25, 0.3) is 0 Å². The van der Waals surface area contributed by atoms with Gasteiger partial charge in [-0.3, -0.25) is 14.9 Å². The molecule has 2 aromatic carbocycles. The van der Waals surface area contributed by atoms with Crippen molar-refractivity contribution in [2.24, 2.45) is 0 Å². The maximum absolute atomic E-state index is 11.9. The number of anilines is 3. The first-order valence-electron chi connectivity index (χ1n) is 10.2. The van der Waals surface area contributed by atoms with Gasteiger partial charge in [0.2, 0.25) is 5.91 Å². The molecule has 1 amide bonds. The quantitative estimate of drug-likeness (QED) is 0.247. The van der Waals surface area contributed by atoms with Crippen molar-refractivity contribution in [3.05, 3.63) is 77.1 Å². The number of methoxy groups -OCH3 is 1. The lowest BCUT2D eigenvalue weighted by Crippen LogP contribution is -2.10. The number of halogens is 2. The highest BCUT2D eigenvalue weighted by atomic mass is 35.5. The van der Waals surface area contributed by atoms with E-state index in [1.54, 1.807) is 25.3 Å². The number of aromatic amines is 1. The third-order valence-corrected chi connectivity index (χ3v) is 5.68. The molecule has 1 atom stereocenters. The highest BCUT2D eigenvalue weighted by Crippen LogP contribution is 2.38. The molecule has 3 N–H and O–H groups in total. The molecular formula is C24H21Cl2N5O3. The summed E-state index contributed by atoms with van der Waals surface area (Å²) in [7, 11) is 1.55. The molecule has 174 valence electrons. The topological polar surface area (TPSA) is 101 Å². The summed E-state index contributed by atoms with van der Waals surface area (Å²) < 4.78 is 11.6. The van der Waals surface area contributed by atoms with Crippen LogP contribution in [0, 0.1) is 0 Å². The molecule has 0 fully saturated rings. The van der Waals surface area contributed by atoms with Gasteiger partial charge in [-0.15, -0.1) is 0 Å². The molecule has 4 rings (SSSR count). The summed E-state index contributed by atoms with van der Waals surface area (Å²) in [4.78, 5) is 15.9. The second-order valence-corrected chi connectivity index (χ2v) is 8.07. The van der Waals surface area contributed by atoms with Crippen LogP contribution in [0.2, 0.25) is 10.0 Å². The first-order valence-corrected chi connectivity index (χ1v) is 11.0. The maximum Gasteiger partial charge on any atom is 0.247 e. The van der Waals surface area contributed by atoms with Crippen molar-refractivity contribution in [3.8, 4) is 11.5 Å². The molecule has 0 radical (unpaired) electrons. The van der Waals surface area contributed by atoms with Gasteiger partial charge in [0, 0.05) is 23.3 Å². The third kappa shape index (κ3) is 4.78. The van der Waals surface area contributed by atoms with Crippen LogP contribution in [0.15, 0.2) is 61.4 Å². The number of ether oxygens (including phenoxy) is 2. The van der Waals surface area contributed by atoms with E-state index >= 15 is 0 Å². The Bertz CT molecular complexity index is 1350. The summed E-state index contributed by atoms with van der Waals surface area (Å²) in [6, 6.07) is 10.8. The predicted molar refractivity (Wildman–Crippen MR) is 134 cm³/mol. The highest BCUT2D eigenvalue weighted by Gasteiger charge is 2.18. The van der Waals surface area contributed by atoms with Crippen molar-refractivity contribution in [3.63, 3.8) is 0 Å². The summed E-state index contributed by atoms with van der Waals surface area (Å²) in [5.41, 5.74) is 2.50. The first-order chi connectivity index (χ1) is 16.4. The van der Waals surface area contributed by atoms with Crippen LogP contribution in [0.1, 0.15) is 18.6 Å². The second-order valence-electron chi connectivity index (χ2n) is 7.26. The molecule has 0 unspecified atom stereocenters. The number of nitrogens with one attached hydrogen (secondary N) is 3. The Morgan fingerprint density at radius 3 is 2.68 bits per heavy atom. The number of benzene rings is 2. The zero-order valence-corrected chi connectivity index (χ0v) is 19.9.